The molecule has 0 unspecified atom stereocenters. The van der Waals surface area contributed by atoms with Crippen molar-refractivity contribution in [2.24, 2.45) is 0 Å². The van der Waals surface area contributed by atoms with Crippen molar-refractivity contribution >= 4 is 21.7 Å². The molecule has 30 heavy (non-hydrogen) atoms. The monoisotopic (exact) mass is 433 g/mol. The summed E-state index contributed by atoms with van der Waals surface area (Å²) in [7, 11) is -3.72. The molecule has 1 fully saturated rings. The van der Waals surface area contributed by atoms with E-state index >= 15 is 0 Å². The predicted octanol–water partition coefficient (Wildman–Crippen LogP) is 4.20. The molecule has 0 aromatic heterocycles. The number of piperidine rings is 1. The lowest BCUT2D eigenvalue weighted by Gasteiger charge is -2.35. The van der Waals surface area contributed by atoms with Gasteiger partial charge in [0.15, 0.2) is 0 Å². The summed E-state index contributed by atoms with van der Waals surface area (Å²) in [6.07, 6.45) is 2.98. The van der Waals surface area contributed by atoms with Gasteiger partial charge in [-0.2, -0.15) is 4.31 Å². The van der Waals surface area contributed by atoms with Crippen molar-refractivity contribution in [3.05, 3.63) is 59.4 Å². The van der Waals surface area contributed by atoms with Gasteiger partial charge in [0.25, 0.3) is 0 Å². The molecule has 2 aromatic carbocycles. The fourth-order valence-corrected chi connectivity index (χ4v) is 5.79. The van der Waals surface area contributed by atoms with Crippen LogP contribution in [0.2, 0.25) is 0 Å². The van der Waals surface area contributed by atoms with Crippen molar-refractivity contribution in [1.29, 1.82) is 0 Å². The molecule has 8 heteroatoms. The van der Waals surface area contributed by atoms with Gasteiger partial charge in [0.05, 0.1) is 4.90 Å². The molecule has 3 rings (SSSR count). The maximum atomic E-state index is 13.4. The van der Waals surface area contributed by atoms with E-state index in [1.54, 1.807) is 6.92 Å². The molecule has 162 valence electrons. The number of hydrogen-bond acceptors (Lipinski definition) is 3. The summed E-state index contributed by atoms with van der Waals surface area (Å²) in [5, 5.41) is 5.59. The fraction of sp³-hybridized carbons (Fsp3) is 0.409. The number of hydrogen-bond donors (Lipinski definition) is 2. The van der Waals surface area contributed by atoms with E-state index in [4.69, 9.17) is 0 Å². The molecule has 1 aliphatic rings. The number of rotatable bonds is 6. The Morgan fingerprint density at radius 2 is 1.97 bits per heavy atom. The lowest BCUT2D eigenvalue weighted by Crippen LogP contribution is -2.45. The van der Waals surface area contributed by atoms with E-state index in [9.17, 15) is 17.6 Å². The maximum absolute atomic E-state index is 13.4. The Labute approximate surface area is 177 Å². The zero-order valence-corrected chi connectivity index (χ0v) is 18.1. The first-order valence-electron chi connectivity index (χ1n) is 10.2. The van der Waals surface area contributed by atoms with Crippen molar-refractivity contribution in [3.63, 3.8) is 0 Å². The Hall–Kier alpha value is -2.45. The number of aryl methyl sites for hydroxylation is 2. The van der Waals surface area contributed by atoms with Gasteiger partial charge in [-0.15, -0.1) is 0 Å². The molecule has 1 saturated heterocycles. The fourth-order valence-electron chi connectivity index (χ4n) is 3.86. The summed E-state index contributed by atoms with van der Waals surface area (Å²) in [6.45, 7) is 4.34. The quantitative estimate of drug-likeness (QED) is 0.717. The van der Waals surface area contributed by atoms with Crippen LogP contribution in [0.4, 0.5) is 14.9 Å². The van der Waals surface area contributed by atoms with Gasteiger partial charge in [0.1, 0.15) is 5.82 Å². The minimum Gasteiger partial charge on any atom is -0.338 e. The summed E-state index contributed by atoms with van der Waals surface area (Å²) < 4.78 is 41.3. The van der Waals surface area contributed by atoms with Crippen molar-refractivity contribution in [1.82, 2.24) is 9.62 Å². The number of carbonyl (C=O) groups is 1. The molecule has 2 aromatic rings. The highest BCUT2D eigenvalue weighted by atomic mass is 32.2. The molecule has 0 bridgehead atoms. The third-order valence-corrected chi connectivity index (χ3v) is 7.45. The number of benzene rings is 2. The molecule has 0 saturated carbocycles. The molecule has 2 N–H and O–H groups in total. The third-order valence-electron chi connectivity index (χ3n) is 5.34. The summed E-state index contributed by atoms with van der Waals surface area (Å²) in [4.78, 5) is 12.3. The van der Waals surface area contributed by atoms with Crippen molar-refractivity contribution in [2.75, 3.05) is 18.4 Å². The molecule has 2 amide bonds. The minimum atomic E-state index is -3.72. The van der Waals surface area contributed by atoms with Crippen LogP contribution in [0.15, 0.2) is 47.4 Å². The highest BCUT2D eigenvalue weighted by Crippen LogP contribution is 2.28. The SMILES string of the molecule is Cc1cccc(NC(=O)NCC[C@@H]2CCCCN2S(=O)(=O)c2ccc(F)cc2C)c1. The highest BCUT2D eigenvalue weighted by molar-refractivity contribution is 7.89. The van der Waals surface area contributed by atoms with Gasteiger partial charge in [-0.1, -0.05) is 18.6 Å². The predicted molar refractivity (Wildman–Crippen MR) is 115 cm³/mol. The first kappa shape index (κ1) is 22.2. The molecule has 6 nitrogen and oxygen atoms in total. The van der Waals surface area contributed by atoms with Crippen LogP contribution in [-0.4, -0.2) is 37.9 Å². The zero-order valence-electron chi connectivity index (χ0n) is 17.3. The number of sulfonamides is 1. The Morgan fingerprint density at radius 3 is 2.70 bits per heavy atom. The summed E-state index contributed by atoms with van der Waals surface area (Å²) >= 11 is 0. The lowest BCUT2D eigenvalue weighted by atomic mass is 10.0. The molecule has 1 aliphatic heterocycles. The summed E-state index contributed by atoms with van der Waals surface area (Å²) in [5.41, 5.74) is 2.16. The molecular formula is C22H28FN3O3S. The molecule has 0 spiro atoms. The van der Waals surface area contributed by atoms with Crippen LogP contribution in [0.5, 0.6) is 0 Å². The zero-order chi connectivity index (χ0) is 21.7. The number of amides is 2. The van der Waals surface area contributed by atoms with E-state index in [2.05, 4.69) is 10.6 Å². The Bertz CT molecular complexity index is 1010. The number of nitrogens with zero attached hydrogens (tertiary/aromatic N) is 1. The molecule has 1 heterocycles. The van der Waals surface area contributed by atoms with Crippen LogP contribution in [0.25, 0.3) is 0 Å². The van der Waals surface area contributed by atoms with E-state index in [0.717, 1.165) is 24.8 Å². The first-order valence-corrected chi connectivity index (χ1v) is 11.6. The smallest absolute Gasteiger partial charge is 0.319 e. The molecule has 0 radical (unpaired) electrons. The van der Waals surface area contributed by atoms with Crippen molar-refractivity contribution in [2.45, 2.75) is 50.5 Å². The van der Waals surface area contributed by atoms with Crippen LogP contribution in [0, 0.1) is 19.7 Å². The molecule has 0 aliphatic carbocycles. The van der Waals surface area contributed by atoms with Crippen molar-refractivity contribution in [3.8, 4) is 0 Å². The van der Waals surface area contributed by atoms with Gasteiger partial charge in [-0.25, -0.2) is 17.6 Å². The van der Waals surface area contributed by atoms with Crippen LogP contribution in [0.1, 0.15) is 36.8 Å². The highest BCUT2D eigenvalue weighted by Gasteiger charge is 2.34. The number of halogens is 1. The number of anilines is 1. The van der Waals surface area contributed by atoms with E-state index in [1.165, 1.54) is 22.5 Å². The maximum Gasteiger partial charge on any atom is 0.319 e. The second-order valence-electron chi connectivity index (χ2n) is 7.71. The summed E-state index contributed by atoms with van der Waals surface area (Å²) in [6, 6.07) is 10.7. The van der Waals surface area contributed by atoms with E-state index < -0.39 is 15.8 Å². The lowest BCUT2D eigenvalue weighted by molar-refractivity contribution is 0.234. The van der Waals surface area contributed by atoms with Gasteiger partial charge in [-0.3, -0.25) is 0 Å². The van der Waals surface area contributed by atoms with Gasteiger partial charge < -0.3 is 10.6 Å². The Morgan fingerprint density at radius 1 is 1.17 bits per heavy atom. The summed E-state index contributed by atoms with van der Waals surface area (Å²) in [5.74, 6) is -0.453. The molecular weight excluding hydrogens is 405 g/mol. The molecule has 1 atom stereocenters. The van der Waals surface area contributed by atoms with Crippen molar-refractivity contribution < 1.29 is 17.6 Å². The van der Waals surface area contributed by atoms with E-state index in [-0.39, 0.29) is 17.0 Å². The third kappa shape index (κ3) is 5.37. The van der Waals surface area contributed by atoms with Crippen LogP contribution in [-0.2, 0) is 10.0 Å². The number of nitrogens with one attached hydrogen (secondary N) is 2. The number of urea groups is 1. The average molecular weight is 434 g/mol. The van der Waals surface area contributed by atoms with Crippen LogP contribution < -0.4 is 10.6 Å². The first-order chi connectivity index (χ1) is 14.3. The van der Waals surface area contributed by atoms with Gasteiger partial charge >= 0.3 is 6.03 Å². The second-order valence-corrected chi connectivity index (χ2v) is 9.57. The second kappa shape index (κ2) is 9.57. The van der Waals surface area contributed by atoms with Crippen LogP contribution in [0.3, 0.4) is 0 Å². The van der Waals surface area contributed by atoms with E-state index in [0.29, 0.717) is 30.8 Å². The van der Waals surface area contributed by atoms with Gasteiger partial charge in [0, 0.05) is 24.8 Å². The Balaban J connectivity index is 1.62. The van der Waals surface area contributed by atoms with Crippen LogP contribution >= 0.6 is 0 Å². The number of carbonyl (C=O) groups excluding carboxylic acids is 1. The topological polar surface area (TPSA) is 78.5 Å². The van der Waals surface area contributed by atoms with E-state index in [1.807, 2.05) is 31.2 Å². The largest absolute Gasteiger partial charge is 0.338 e. The normalized spacial score (nSPS) is 17.5. The Kier molecular flexibility index (Phi) is 7.10. The van der Waals surface area contributed by atoms with Gasteiger partial charge in [0.2, 0.25) is 10.0 Å². The van der Waals surface area contributed by atoms with Gasteiger partial charge in [-0.05, 0) is 74.6 Å². The minimum absolute atomic E-state index is 0.140. The standard InChI is InChI=1S/C22H28FN3O3S/c1-16-6-5-7-19(14-16)25-22(27)24-12-11-20-8-3-4-13-26(20)30(28,29)21-10-9-18(23)15-17(21)2/h5-7,9-10,14-15,20H,3-4,8,11-13H2,1-2H3,(H2,24,25,27)/t20-/m0/s1. The average Bonchev–Trinajstić information content (AvgIpc) is 2.68.